The molecule has 1 aromatic heterocycles. The van der Waals surface area contributed by atoms with Crippen LogP contribution in [0.3, 0.4) is 0 Å². The third-order valence-electron chi connectivity index (χ3n) is 4.64. The zero-order chi connectivity index (χ0) is 20.4. The summed E-state index contributed by atoms with van der Waals surface area (Å²) in [6, 6.07) is 4.72. The summed E-state index contributed by atoms with van der Waals surface area (Å²) < 4.78 is 24.1. The maximum atomic E-state index is 13.8. The molecule has 2 heterocycles. The minimum absolute atomic E-state index is 0.0199. The van der Waals surface area contributed by atoms with E-state index in [1.54, 1.807) is 0 Å². The molecule has 1 saturated heterocycles. The van der Waals surface area contributed by atoms with Crippen LogP contribution in [-0.4, -0.2) is 49.1 Å². The lowest BCUT2D eigenvalue weighted by molar-refractivity contribution is -0.140. The van der Waals surface area contributed by atoms with Gasteiger partial charge in [-0.2, -0.15) is 0 Å². The quantitative estimate of drug-likeness (QED) is 0.454. The van der Waals surface area contributed by atoms with Crippen LogP contribution in [-0.2, 0) is 14.3 Å². The van der Waals surface area contributed by atoms with Crippen molar-refractivity contribution in [2.45, 2.75) is 13.0 Å². The monoisotopic (exact) mass is 405 g/mol. The van der Waals surface area contributed by atoms with Crippen LogP contribution in [0.4, 0.5) is 4.39 Å². The molecule has 1 fully saturated rings. The molecule has 0 saturated carbocycles. The molecule has 1 amide bonds. The fraction of sp³-hybridized carbons (Fsp3) is 0.300. The number of amides is 1. The summed E-state index contributed by atoms with van der Waals surface area (Å²) in [7, 11) is 2.88. The number of carbonyl (C=O) groups excluding carboxylic acids is 2. The van der Waals surface area contributed by atoms with E-state index in [4.69, 9.17) is 9.47 Å². The van der Waals surface area contributed by atoms with Gasteiger partial charge >= 0.3 is 0 Å². The number of likely N-dealkylation sites (tertiary alicyclic amines) is 1. The number of benzene rings is 1. The first-order valence-electron chi connectivity index (χ1n) is 8.56. The minimum atomic E-state index is -0.822. The first-order valence-corrected chi connectivity index (χ1v) is 9.44. The van der Waals surface area contributed by atoms with E-state index < -0.39 is 29.3 Å². The molecule has 3 rings (SSSR count). The van der Waals surface area contributed by atoms with E-state index in [-0.39, 0.29) is 30.0 Å². The highest BCUT2D eigenvalue weighted by Gasteiger charge is 2.47. The van der Waals surface area contributed by atoms with Crippen molar-refractivity contribution in [2.24, 2.45) is 0 Å². The van der Waals surface area contributed by atoms with E-state index in [0.717, 1.165) is 16.5 Å². The van der Waals surface area contributed by atoms with Gasteiger partial charge in [-0.25, -0.2) is 4.39 Å². The van der Waals surface area contributed by atoms with E-state index >= 15 is 0 Å². The van der Waals surface area contributed by atoms with Crippen LogP contribution in [0.2, 0.25) is 0 Å². The first kappa shape index (κ1) is 20.0. The minimum Gasteiger partial charge on any atom is -0.507 e. The zero-order valence-corrected chi connectivity index (χ0v) is 16.5. The Bertz CT molecular complexity index is 952. The number of hydrogen-bond acceptors (Lipinski definition) is 6. The van der Waals surface area contributed by atoms with Crippen molar-refractivity contribution in [3.05, 3.63) is 57.0 Å². The van der Waals surface area contributed by atoms with Gasteiger partial charge < -0.3 is 19.5 Å². The molecular weight excluding hydrogens is 385 g/mol. The van der Waals surface area contributed by atoms with Crippen molar-refractivity contribution in [1.82, 2.24) is 4.90 Å². The fourth-order valence-corrected chi connectivity index (χ4v) is 4.29. The summed E-state index contributed by atoms with van der Waals surface area (Å²) in [6.45, 7) is 2.28. The molecule has 1 aliphatic heterocycles. The van der Waals surface area contributed by atoms with Crippen molar-refractivity contribution in [2.75, 3.05) is 27.4 Å². The number of nitrogens with zero attached hydrogens (tertiary/aromatic N) is 1. The number of rotatable bonds is 6. The van der Waals surface area contributed by atoms with Crippen molar-refractivity contribution < 1.29 is 28.6 Å². The van der Waals surface area contributed by atoms with E-state index in [9.17, 15) is 19.1 Å². The van der Waals surface area contributed by atoms with Gasteiger partial charge in [0.1, 0.15) is 17.3 Å². The Kier molecular flexibility index (Phi) is 5.81. The summed E-state index contributed by atoms with van der Waals surface area (Å²) in [5.41, 5.74) is 0.818. The molecule has 1 aromatic carbocycles. The van der Waals surface area contributed by atoms with Gasteiger partial charge in [0.15, 0.2) is 0 Å². The van der Waals surface area contributed by atoms with Gasteiger partial charge in [-0.05, 0) is 42.1 Å². The van der Waals surface area contributed by atoms with Crippen molar-refractivity contribution in [3.8, 4) is 5.75 Å². The van der Waals surface area contributed by atoms with Crippen molar-refractivity contribution in [3.63, 3.8) is 0 Å². The number of carbonyl (C=O) groups is 2. The largest absolute Gasteiger partial charge is 0.507 e. The number of thiophene rings is 1. The van der Waals surface area contributed by atoms with Crippen LogP contribution in [0.25, 0.3) is 5.76 Å². The first-order chi connectivity index (χ1) is 13.4. The van der Waals surface area contributed by atoms with E-state index in [1.807, 2.05) is 18.4 Å². The molecular formula is C20H20FNO5S. The summed E-state index contributed by atoms with van der Waals surface area (Å²) in [5.74, 6) is -2.42. The molecule has 28 heavy (non-hydrogen) atoms. The number of aliphatic hydroxyl groups is 1. The number of halogens is 1. The van der Waals surface area contributed by atoms with E-state index in [0.29, 0.717) is 0 Å². The average Bonchev–Trinajstić information content (AvgIpc) is 3.21. The van der Waals surface area contributed by atoms with E-state index in [1.165, 1.54) is 42.6 Å². The number of methoxy groups -OCH3 is 2. The topological polar surface area (TPSA) is 76.1 Å². The highest BCUT2D eigenvalue weighted by atomic mass is 32.1. The summed E-state index contributed by atoms with van der Waals surface area (Å²) in [4.78, 5) is 27.6. The predicted octanol–water partition coefficient (Wildman–Crippen LogP) is 3.27. The summed E-state index contributed by atoms with van der Waals surface area (Å²) >= 11 is 1.38. The molecule has 1 aliphatic rings. The second kappa shape index (κ2) is 8.12. The lowest BCUT2D eigenvalue weighted by atomic mass is 9.98. The molecule has 2 aromatic rings. The second-order valence-corrected chi connectivity index (χ2v) is 7.25. The van der Waals surface area contributed by atoms with Crippen LogP contribution >= 0.6 is 11.3 Å². The fourth-order valence-electron chi connectivity index (χ4n) is 3.25. The van der Waals surface area contributed by atoms with Gasteiger partial charge in [-0.1, -0.05) is 0 Å². The molecule has 8 heteroatoms. The SMILES string of the molecule is COCCN1C(=O)C(=O)/C(=C(/O)c2cc(F)ccc2OC)C1c1sccc1C. The summed E-state index contributed by atoms with van der Waals surface area (Å²) in [6.07, 6.45) is 0. The third kappa shape index (κ3) is 3.41. The highest BCUT2D eigenvalue weighted by molar-refractivity contribution is 7.10. The summed E-state index contributed by atoms with van der Waals surface area (Å²) in [5, 5.41) is 12.8. The molecule has 0 spiro atoms. The normalized spacial score (nSPS) is 18.7. The highest BCUT2D eigenvalue weighted by Crippen LogP contribution is 2.43. The molecule has 1 N–H and O–H groups in total. The number of ether oxygens (including phenoxy) is 2. The Labute approximate surface area is 165 Å². The number of aliphatic hydroxyl groups excluding tert-OH is 1. The number of hydrogen-bond donors (Lipinski definition) is 1. The van der Waals surface area contributed by atoms with Crippen LogP contribution in [0.5, 0.6) is 5.75 Å². The molecule has 0 bridgehead atoms. The Morgan fingerprint density at radius 1 is 1.29 bits per heavy atom. The molecule has 0 aliphatic carbocycles. The maximum absolute atomic E-state index is 13.8. The van der Waals surface area contributed by atoms with Crippen LogP contribution < -0.4 is 4.74 Å². The predicted molar refractivity (Wildman–Crippen MR) is 103 cm³/mol. The Morgan fingerprint density at radius 2 is 2.04 bits per heavy atom. The number of Topliss-reactive ketones (excluding diaryl/α,β-unsaturated/α-hetero) is 1. The molecule has 148 valence electrons. The van der Waals surface area contributed by atoms with Gasteiger partial charge in [0.25, 0.3) is 11.7 Å². The van der Waals surface area contributed by atoms with Gasteiger partial charge in [-0.15, -0.1) is 11.3 Å². The van der Waals surface area contributed by atoms with Gasteiger partial charge in [-0.3, -0.25) is 9.59 Å². The Hall–Kier alpha value is -2.71. The zero-order valence-electron chi connectivity index (χ0n) is 15.7. The molecule has 0 radical (unpaired) electrons. The molecule has 1 atom stereocenters. The smallest absolute Gasteiger partial charge is 0.295 e. The van der Waals surface area contributed by atoms with Gasteiger partial charge in [0, 0.05) is 18.5 Å². The maximum Gasteiger partial charge on any atom is 0.295 e. The number of ketones is 1. The van der Waals surface area contributed by atoms with Crippen LogP contribution in [0.15, 0.2) is 35.2 Å². The van der Waals surface area contributed by atoms with Gasteiger partial charge in [0.05, 0.1) is 30.9 Å². The molecule has 1 unspecified atom stereocenters. The number of aryl methyl sites for hydroxylation is 1. The lowest BCUT2D eigenvalue weighted by Gasteiger charge is -2.24. The van der Waals surface area contributed by atoms with Crippen molar-refractivity contribution >= 4 is 28.8 Å². The third-order valence-corrected chi connectivity index (χ3v) is 5.71. The van der Waals surface area contributed by atoms with Crippen molar-refractivity contribution in [1.29, 1.82) is 0 Å². The average molecular weight is 405 g/mol. The molecule has 6 nitrogen and oxygen atoms in total. The Balaban J connectivity index is 2.23. The second-order valence-electron chi connectivity index (χ2n) is 6.30. The Morgan fingerprint density at radius 3 is 2.64 bits per heavy atom. The standard InChI is InChI=1S/C20H20FNO5S/c1-11-6-9-28-19(11)16-15(18(24)20(25)22(16)7-8-26-2)17(23)13-10-12(21)4-5-14(13)27-3/h4-6,9-10,16,23H,7-8H2,1-3H3/b17-15+. The van der Waals surface area contributed by atoms with Crippen LogP contribution in [0, 0.1) is 12.7 Å². The van der Waals surface area contributed by atoms with Crippen LogP contribution in [0.1, 0.15) is 22.0 Å². The van der Waals surface area contributed by atoms with Gasteiger partial charge in [0.2, 0.25) is 0 Å². The van der Waals surface area contributed by atoms with E-state index in [2.05, 4.69) is 0 Å². The lowest BCUT2D eigenvalue weighted by Crippen LogP contribution is -2.32.